The molecule has 0 aromatic carbocycles. The Labute approximate surface area is 109 Å². The van der Waals surface area contributed by atoms with Gasteiger partial charge in [0.25, 0.3) is 0 Å². The third-order valence-corrected chi connectivity index (χ3v) is 3.58. The van der Waals surface area contributed by atoms with Crippen molar-refractivity contribution >= 4 is 17.7 Å². The molecule has 0 spiro atoms. The van der Waals surface area contributed by atoms with Crippen LogP contribution in [0.3, 0.4) is 0 Å². The number of aromatic nitrogens is 4. The minimum absolute atomic E-state index is 0.0133. The zero-order chi connectivity index (χ0) is 13.0. The molecule has 0 aliphatic heterocycles. The third-order valence-electron chi connectivity index (χ3n) is 2.66. The van der Waals surface area contributed by atoms with E-state index >= 15 is 0 Å². The van der Waals surface area contributed by atoms with E-state index in [1.165, 1.54) is 11.8 Å². The van der Waals surface area contributed by atoms with Crippen LogP contribution in [0.2, 0.25) is 0 Å². The Morgan fingerprint density at radius 2 is 2.44 bits per heavy atom. The topological polar surface area (TPSA) is 87.7 Å². The molecule has 0 radical (unpaired) electrons. The summed E-state index contributed by atoms with van der Waals surface area (Å²) >= 11 is 1.34. The van der Waals surface area contributed by atoms with Gasteiger partial charge in [0.1, 0.15) is 0 Å². The SMILES string of the molecule is CN(CCC#N)C(=O)CSc1nnnn1C1CC1. The summed E-state index contributed by atoms with van der Waals surface area (Å²) in [5, 5.41) is 20.6. The van der Waals surface area contributed by atoms with Crippen molar-refractivity contribution in [1.29, 1.82) is 5.26 Å². The molecule has 8 heteroatoms. The van der Waals surface area contributed by atoms with Gasteiger partial charge in [0, 0.05) is 13.6 Å². The van der Waals surface area contributed by atoms with E-state index in [9.17, 15) is 4.79 Å². The van der Waals surface area contributed by atoms with Crippen LogP contribution in [0.25, 0.3) is 0 Å². The second-order valence-corrected chi connectivity index (χ2v) is 5.09. The lowest BCUT2D eigenvalue weighted by molar-refractivity contribution is -0.127. The van der Waals surface area contributed by atoms with E-state index < -0.39 is 0 Å². The van der Waals surface area contributed by atoms with Gasteiger partial charge in [-0.05, 0) is 23.3 Å². The van der Waals surface area contributed by atoms with Gasteiger partial charge in [0.15, 0.2) is 0 Å². The fraction of sp³-hybridized carbons (Fsp3) is 0.700. The Morgan fingerprint density at radius 1 is 1.67 bits per heavy atom. The maximum absolute atomic E-state index is 11.8. The third kappa shape index (κ3) is 3.20. The van der Waals surface area contributed by atoms with Crippen molar-refractivity contribution in [3.8, 4) is 6.07 Å². The van der Waals surface area contributed by atoms with E-state index in [0.29, 0.717) is 29.9 Å². The molecule has 96 valence electrons. The Morgan fingerprint density at radius 3 is 3.11 bits per heavy atom. The molecule has 0 atom stereocenters. The van der Waals surface area contributed by atoms with Crippen LogP contribution in [-0.4, -0.2) is 50.4 Å². The first kappa shape index (κ1) is 12.8. The van der Waals surface area contributed by atoms with Crippen molar-refractivity contribution < 1.29 is 4.79 Å². The van der Waals surface area contributed by atoms with E-state index in [1.54, 1.807) is 16.6 Å². The number of nitriles is 1. The van der Waals surface area contributed by atoms with Crippen molar-refractivity contribution in [2.45, 2.75) is 30.5 Å². The summed E-state index contributed by atoms with van der Waals surface area (Å²) in [6.07, 6.45) is 2.57. The fourth-order valence-corrected chi connectivity index (χ4v) is 2.29. The highest BCUT2D eigenvalue weighted by Gasteiger charge is 2.28. The van der Waals surface area contributed by atoms with Crippen LogP contribution in [0, 0.1) is 11.3 Å². The molecule has 1 aromatic rings. The molecule has 1 aliphatic carbocycles. The Bertz CT molecular complexity index is 463. The smallest absolute Gasteiger partial charge is 0.232 e. The van der Waals surface area contributed by atoms with Crippen molar-refractivity contribution in [3.63, 3.8) is 0 Å². The first-order chi connectivity index (χ1) is 8.72. The Hall–Kier alpha value is -1.62. The Balaban J connectivity index is 1.81. The average Bonchev–Trinajstić information content (AvgIpc) is 3.12. The van der Waals surface area contributed by atoms with Gasteiger partial charge in [-0.1, -0.05) is 11.8 Å². The molecule has 0 bridgehead atoms. The minimum atomic E-state index is -0.0133. The summed E-state index contributed by atoms with van der Waals surface area (Å²) < 4.78 is 1.78. The van der Waals surface area contributed by atoms with Crippen LogP contribution in [0.15, 0.2) is 5.16 Å². The van der Waals surface area contributed by atoms with E-state index in [2.05, 4.69) is 15.5 Å². The summed E-state index contributed by atoms with van der Waals surface area (Å²) in [7, 11) is 1.70. The highest BCUT2D eigenvalue weighted by Crippen LogP contribution is 2.36. The molecule has 7 nitrogen and oxygen atoms in total. The predicted octanol–water partition coefficient (Wildman–Crippen LogP) is 0.472. The van der Waals surface area contributed by atoms with Gasteiger partial charge in [0.05, 0.1) is 24.3 Å². The minimum Gasteiger partial charge on any atom is -0.344 e. The number of hydrogen-bond donors (Lipinski definition) is 0. The van der Waals surface area contributed by atoms with E-state index in [4.69, 9.17) is 5.26 Å². The van der Waals surface area contributed by atoms with E-state index in [1.807, 2.05) is 6.07 Å². The standard InChI is InChI=1S/C10H14N6OS/c1-15(6-2-5-11)9(17)7-18-10-12-13-14-16(10)8-3-4-8/h8H,2-4,6-7H2,1H3. The van der Waals surface area contributed by atoms with Gasteiger partial charge >= 0.3 is 0 Å². The number of rotatable bonds is 6. The van der Waals surface area contributed by atoms with Crippen LogP contribution in [0.4, 0.5) is 0 Å². The molecule has 1 heterocycles. The molecule has 1 aromatic heterocycles. The number of carbonyl (C=O) groups is 1. The number of nitrogens with zero attached hydrogens (tertiary/aromatic N) is 6. The van der Waals surface area contributed by atoms with Crippen molar-refractivity contribution in [2.24, 2.45) is 0 Å². The predicted molar refractivity (Wildman–Crippen MR) is 64.7 cm³/mol. The second kappa shape index (κ2) is 5.82. The van der Waals surface area contributed by atoms with Gasteiger partial charge in [-0.15, -0.1) is 5.10 Å². The lowest BCUT2D eigenvalue weighted by Gasteiger charge is -2.14. The largest absolute Gasteiger partial charge is 0.344 e. The van der Waals surface area contributed by atoms with Crippen molar-refractivity contribution in [3.05, 3.63) is 0 Å². The molecular formula is C10H14N6OS. The van der Waals surface area contributed by atoms with Gasteiger partial charge in [-0.2, -0.15) is 5.26 Å². The van der Waals surface area contributed by atoms with Gasteiger partial charge in [0.2, 0.25) is 11.1 Å². The quantitative estimate of drug-likeness (QED) is 0.696. The summed E-state index contributed by atoms with van der Waals surface area (Å²) in [6.45, 7) is 0.462. The van der Waals surface area contributed by atoms with Gasteiger partial charge in [-0.3, -0.25) is 4.79 Å². The summed E-state index contributed by atoms with van der Waals surface area (Å²) in [4.78, 5) is 13.3. The number of amides is 1. The molecule has 1 fully saturated rings. The van der Waals surface area contributed by atoms with Crippen LogP contribution in [-0.2, 0) is 4.79 Å². The maximum Gasteiger partial charge on any atom is 0.232 e. The van der Waals surface area contributed by atoms with Gasteiger partial charge in [-0.25, -0.2) is 4.68 Å². The van der Waals surface area contributed by atoms with Crippen molar-refractivity contribution in [1.82, 2.24) is 25.1 Å². The highest BCUT2D eigenvalue weighted by molar-refractivity contribution is 7.99. The molecule has 0 N–H and O–H groups in total. The summed E-state index contributed by atoms with van der Waals surface area (Å²) in [5.41, 5.74) is 0. The number of thioether (sulfide) groups is 1. The molecule has 1 aliphatic rings. The number of hydrogen-bond acceptors (Lipinski definition) is 6. The average molecular weight is 266 g/mol. The zero-order valence-corrected chi connectivity index (χ0v) is 10.9. The number of carbonyl (C=O) groups excluding carboxylic acids is 1. The highest BCUT2D eigenvalue weighted by atomic mass is 32.2. The molecule has 2 rings (SSSR count). The van der Waals surface area contributed by atoms with E-state index in [0.717, 1.165) is 12.8 Å². The lowest BCUT2D eigenvalue weighted by Crippen LogP contribution is -2.29. The first-order valence-electron chi connectivity index (χ1n) is 5.74. The molecular weight excluding hydrogens is 252 g/mol. The van der Waals surface area contributed by atoms with Crippen LogP contribution in [0.5, 0.6) is 0 Å². The van der Waals surface area contributed by atoms with Crippen LogP contribution < -0.4 is 0 Å². The number of tetrazole rings is 1. The van der Waals surface area contributed by atoms with Gasteiger partial charge < -0.3 is 4.90 Å². The molecule has 18 heavy (non-hydrogen) atoms. The lowest BCUT2D eigenvalue weighted by atomic mass is 10.4. The maximum atomic E-state index is 11.8. The Kier molecular flexibility index (Phi) is 4.15. The second-order valence-electron chi connectivity index (χ2n) is 4.15. The normalized spacial score (nSPS) is 14.2. The molecule has 0 saturated heterocycles. The zero-order valence-electron chi connectivity index (χ0n) is 10.1. The van der Waals surface area contributed by atoms with Crippen molar-refractivity contribution in [2.75, 3.05) is 19.3 Å². The molecule has 0 unspecified atom stereocenters. The molecule has 1 saturated carbocycles. The summed E-state index contributed by atoms with van der Waals surface area (Å²) in [6, 6.07) is 2.43. The first-order valence-corrected chi connectivity index (χ1v) is 6.72. The molecule has 1 amide bonds. The van der Waals surface area contributed by atoms with Crippen LogP contribution in [0.1, 0.15) is 25.3 Å². The monoisotopic (exact) mass is 266 g/mol. The van der Waals surface area contributed by atoms with E-state index in [-0.39, 0.29) is 5.91 Å². The van der Waals surface area contributed by atoms with Crippen LogP contribution >= 0.6 is 11.8 Å². The summed E-state index contributed by atoms with van der Waals surface area (Å²) in [5.74, 6) is 0.287. The fourth-order valence-electron chi connectivity index (χ4n) is 1.41.